The molecular formula is C21H23NO2. The molecule has 0 bridgehead atoms. The molecule has 2 aromatic carbocycles. The average Bonchev–Trinajstić information content (AvgIpc) is 2.96. The smallest absolute Gasteiger partial charge is 0.414 e. The van der Waals surface area contributed by atoms with Crippen LogP contribution in [-0.2, 0) is 16.8 Å². The van der Waals surface area contributed by atoms with Crippen molar-refractivity contribution in [2.45, 2.75) is 44.1 Å². The van der Waals surface area contributed by atoms with Gasteiger partial charge in [-0.3, -0.25) is 4.90 Å². The van der Waals surface area contributed by atoms with Gasteiger partial charge in [-0.1, -0.05) is 67.8 Å². The Balaban J connectivity index is 1.54. The zero-order valence-electron chi connectivity index (χ0n) is 13.9. The standard InChI is InChI=1S/C21H23NO2/c23-20(24-15-17-9-3-1-4-10-17)22-16-21(13-7-2-8-14-21)18-11-5-6-12-19(18)22/h1,3-6,9-12H,2,7-8,13-16H2. The third-order valence-corrected chi connectivity index (χ3v) is 5.46. The molecule has 0 unspecified atom stereocenters. The molecule has 1 aliphatic heterocycles. The molecule has 0 saturated heterocycles. The second-order valence-corrected chi connectivity index (χ2v) is 6.98. The number of para-hydroxylation sites is 1. The van der Waals surface area contributed by atoms with Crippen LogP contribution in [0, 0.1) is 0 Å². The maximum absolute atomic E-state index is 12.7. The van der Waals surface area contributed by atoms with Crippen molar-refractivity contribution in [3.8, 4) is 0 Å². The molecule has 0 N–H and O–H groups in total. The van der Waals surface area contributed by atoms with Crippen LogP contribution in [-0.4, -0.2) is 12.6 Å². The van der Waals surface area contributed by atoms with Crippen LogP contribution in [0.5, 0.6) is 0 Å². The van der Waals surface area contributed by atoms with Crippen LogP contribution in [0.15, 0.2) is 54.6 Å². The summed E-state index contributed by atoms with van der Waals surface area (Å²) in [5.41, 5.74) is 3.53. The van der Waals surface area contributed by atoms with Gasteiger partial charge in [0.2, 0.25) is 0 Å². The lowest BCUT2D eigenvalue weighted by atomic mass is 9.71. The van der Waals surface area contributed by atoms with Gasteiger partial charge >= 0.3 is 6.09 Å². The molecule has 0 radical (unpaired) electrons. The van der Waals surface area contributed by atoms with Crippen molar-refractivity contribution in [2.75, 3.05) is 11.4 Å². The number of ether oxygens (including phenoxy) is 1. The minimum Gasteiger partial charge on any atom is -0.444 e. The largest absolute Gasteiger partial charge is 0.444 e. The second-order valence-electron chi connectivity index (χ2n) is 6.98. The summed E-state index contributed by atoms with van der Waals surface area (Å²) in [6.07, 6.45) is 5.93. The van der Waals surface area contributed by atoms with Crippen LogP contribution < -0.4 is 4.90 Å². The quantitative estimate of drug-likeness (QED) is 0.775. The third-order valence-electron chi connectivity index (χ3n) is 5.46. The van der Waals surface area contributed by atoms with Gasteiger partial charge in [0.25, 0.3) is 0 Å². The maximum Gasteiger partial charge on any atom is 0.414 e. The Bertz CT molecular complexity index is 720. The predicted molar refractivity (Wildman–Crippen MR) is 95.2 cm³/mol. The van der Waals surface area contributed by atoms with E-state index in [2.05, 4.69) is 18.2 Å². The number of benzene rings is 2. The second kappa shape index (κ2) is 6.31. The average molecular weight is 321 g/mol. The number of carbonyl (C=O) groups excluding carboxylic acids is 1. The van der Waals surface area contributed by atoms with E-state index >= 15 is 0 Å². The third kappa shape index (κ3) is 2.68. The lowest BCUT2D eigenvalue weighted by molar-refractivity contribution is 0.145. The molecule has 3 nitrogen and oxygen atoms in total. The van der Waals surface area contributed by atoms with Crippen LogP contribution in [0.2, 0.25) is 0 Å². The van der Waals surface area contributed by atoms with Crippen molar-refractivity contribution in [1.82, 2.24) is 0 Å². The molecule has 124 valence electrons. The molecule has 1 amide bonds. The molecular weight excluding hydrogens is 298 g/mol. The first-order valence-corrected chi connectivity index (χ1v) is 8.86. The molecule has 1 aliphatic carbocycles. The van der Waals surface area contributed by atoms with Crippen LogP contribution in [0.1, 0.15) is 43.2 Å². The minimum absolute atomic E-state index is 0.139. The first kappa shape index (κ1) is 15.3. The summed E-state index contributed by atoms with van der Waals surface area (Å²) < 4.78 is 5.59. The number of nitrogens with zero attached hydrogens (tertiary/aromatic N) is 1. The van der Waals surface area contributed by atoms with E-state index < -0.39 is 0 Å². The minimum atomic E-state index is -0.228. The van der Waals surface area contributed by atoms with E-state index in [4.69, 9.17) is 4.74 Å². The zero-order chi connectivity index (χ0) is 16.4. The van der Waals surface area contributed by atoms with E-state index in [1.807, 2.05) is 41.3 Å². The summed E-state index contributed by atoms with van der Waals surface area (Å²) in [7, 11) is 0. The van der Waals surface area contributed by atoms with E-state index in [1.165, 1.54) is 37.7 Å². The summed E-state index contributed by atoms with van der Waals surface area (Å²) in [6, 6.07) is 18.2. The van der Waals surface area contributed by atoms with Crippen molar-refractivity contribution >= 4 is 11.8 Å². The van der Waals surface area contributed by atoms with Crippen LogP contribution in [0.4, 0.5) is 10.5 Å². The molecule has 0 atom stereocenters. The molecule has 1 heterocycles. The molecule has 1 saturated carbocycles. The number of carbonyl (C=O) groups is 1. The summed E-state index contributed by atoms with van der Waals surface area (Å²) in [4.78, 5) is 14.6. The Morgan fingerprint density at radius 3 is 2.46 bits per heavy atom. The van der Waals surface area contributed by atoms with Gasteiger partial charge in [-0.25, -0.2) is 4.79 Å². The lowest BCUT2D eigenvalue weighted by Crippen LogP contribution is -2.38. The Morgan fingerprint density at radius 2 is 1.67 bits per heavy atom. The highest BCUT2D eigenvalue weighted by molar-refractivity contribution is 5.91. The topological polar surface area (TPSA) is 29.5 Å². The molecule has 24 heavy (non-hydrogen) atoms. The first-order valence-electron chi connectivity index (χ1n) is 8.86. The van der Waals surface area contributed by atoms with Gasteiger partial charge in [-0.15, -0.1) is 0 Å². The zero-order valence-corrected chi connectivity index (χ0v) is 13.9. The van der Waals surface area contributed by atoms with E-state index in [1.54, 1.807) is 0 Å². The van der Waals surface area contributed by atoms with Crippen LogP contribution >= 0.6 is 0 Å². The number of rotatable bonds is 2. The molecule has 3 heteroatoms. The van der Waals surface area contributed by atoms with Gasteiger partial charge in [0.05, 0.1) is 5.69 Å². The summed E-state index contributed by atoms with van der Waals surface area (Å²) >= 11 is 0. The Morgan fingerprint density at radius 1 is 0.958 bits per heavy atom. The van der Waals surface area contributed by atoms with Crippen molar-refractivity contribution in [2.24, 2.45) is 0 Å². The highest BCUT2D eigenvalue weighted by Crippen LogP contribution is 2.49. The monoisotopic (exact) mass is 321 g/mol. The molecule has 0 aromatic heterocycles. The van der Waals surface area contributed by atoms with Crippen molar-refractivity contribution in [3.63, 3.8) is 0 Å². The number of hydrogen-bond acceptors (Lipinski definition) is 2. The van der Waals surface area contributed by atoms with Gasteiger partial charge in [0.1, 0.15) is 6.61 Å². The number of anilines is 1. The Hall–Kier alpha value is -2.29. The predicted octanol–water partition coefficient (Wildman–Crippen LogP) is 5.05. The summed E-state index contributed by atoms with van der Waals surface area (Å²) in [5.74, 6) is 0. The number of hydrogen-bond donors (Lipinski definition) is 0. The molecule has 1 spiro atoms. The SMILES string of the molecule is O=C(OCc1ccccc1)N1CC2(CCCCC2)c2ccccc21. The molecule has 1 fully saturated rings. The normalized spacial score (nSPS) is 18.4. The van der Waals surface area contributed by atoms with E-state index in [-0.39, 0.29) is 11.5 Å². The lowest BCUT2D eigenvalue weighted by Gasteiger charge is -2.34. The van der Waals surface area contributed by atoms with Crippen molar-refractivity contribution in [1.29, 1.82) is 0 Å². The fraction of sp³-hybridized carbons (Fsp3) is 0.381. The maximum atomic E-state index is 12.7. The molecule has 4 rings (SSSR count). The van der Waals surface area contributed by atoms with Crippen LogP contribution in [0.3, 0.4) is 0 Å². The highest BCUT2D eigenvalue weighted by Gasteiger charge is 2.45. The Labute approximate surface area is 143 Å². The Kier molecular flexibility index (Phi) is 4.01. The summed E-state index contributed by atoms with van der Waals surface area (Å²) in [5, 5.41) is 0. The van der Waals surface area contributed by atoms with Crippen molar-refractivity contribution in [3.05, 3.63) is 65.7 Å². The van der Waals surface area contributed by atoms with Crippen molar-refractivity contribution < 1.29 is 9.53 Å². The van der Waals surface area contributed by atoms with E-state index in [0.717, 1.165) is 17.8 Å². The van der Waals surface area contributed by atoms with E-state index in [9.17, 15) is 4.79 Å². The fourth-order valence-corrected chi connectivity index (χ4v) is 4.25. The van der Waals surface area contributed by atoms with Gasteiger partial charge in [0, 0.05) is 12.0 Å². The fourth-order valence-electron chi connectivity index (χ4n) is 4.25. The number of amides is 1. The molecule has 2 aromatic rings. The van der Waals surface area contributed by atoms with E-state index in [0.29, 0.717) is 6.61 Å². The van der Waals surface area contributed by atoms with Gasteiger partial charge in [-0.2, -0.15) is 0 Å². The molecule has 2 aliphatic rings. The summed E-state index contributed by atoms with van der Waals surface area (Å²) in [6.45, 7) is 1.09. The van der Waals surface area contributed by atoms with Crippen LogP contribution in [0.25, 0.3) is 0 Å². The first-order chi connectivity index (χ1) is 11.8. The van der Waals surface area contributed by atoms with Gasteiger partial charge < -0.3 is 4.74 Å². The van der Waals surface area contributed by atoms with Gasteiger partial charge in [-0.05, 0) is 30.0 Å². The number of fused-ring (bicyclic) bond motifs is 2. The highest BCUT2D eigenvalue weighted by atomic mass is 16.6. The van der Waals surface area contributed by atoms with Gasteiger partial charge in [0.15, 0.2) is 0 Å².